The number of allylic oxidation sites excluding steroid dienone is 4. The van der Waals surface area contributed by atoms with Gasteiger partial charge in [0.1, 0.15) is 43.2 Å². The second-order valence-corrected chi connectivity index (χ2v) is 18.0. The van der Waals surface area contributed by atoms with Crippen molar-refractivity contribution in [3.63, 3.8) is 0 Å². The maximum absolute atomic E-state index is 12.8. The van der Waals surface area contributed by atoms with Crippen molar-refractivity contribution in [2.24, 2.45) is 0 Å². The van der Waals surface area contributed by atoms with Gasteiger partial charge in [0.15, 0.2) is 6.10 Å². The average molecular weight is 877 g/mol. The molecule has 6 N–H and O–H groups in total. The number of hydrogen-bond donors (Lipinski definition) is 6. The Hall–Kier alpha value is -1.67. The molecule has 6 atom stereocenters. The maximum atomic E-state index is 12.8. The summed E-state index contributed by atoms with van der Waals surface area (Å²) < 4.78 is 33.5. The fourth-order valence-electron chi connectivity index (χ4n) is 7.20. The Morgan fingerprint density at radius 3 is 1.38 bits per heavy atom. The van der Waals surface area contributed by atoms with Gasteiger partial charge >= 0.3 is 19.8 Å². The number of unbranched alkanes of at least 4 members (excludes halogenated alkanes) is 23. The lowest BCUT2D eigenvalue weighted by Gasteiger charge is -2.41. The topological polar surface area (TPSA) is 210 Å². The van der Waals surface area contributed by atoms with Crippen LogP contribution in [-0.2, 0) is 32.7 Å². The van der Waals surface area contributed by atoms with Crippen molar-refractivity contribution in [2.45, 2.75) is 243 Å². The van der Waals surface area contributed by atoms with E-state index in [4.69, 9.17) is 18.5 Å². The largest absolute Gasteiger partial charge is 0.472 e. The summed E-state index contributed by atoms with van der Waals surface area (Å²) in [5.41, 5.74) is 0. The van der Waals surface area contributed by atoms with Crippen LogP contribution in [0, 0.1) is 0 Å². The van der Waals surface area contributed by atoms with E-state index in [-0.39, 0.29) is 12.8 Å². The van der Waals surface area contributed by atoms with Crippen molar-refractivity contribution in [3.05, 3.63) is 24.3 Å². The van der Waals surface area contributed by atoms with Gasteiger partial charge < -0.3 is 39.9 Å². The minimum absolute atomic E-state index is 0.0946. The fraction of sp³-hybridized carbons (Fsp3) is 0.870. The van der Waals surface area contributed by atoms with Crippen molar-refractivity contribution in [1.82, 2.24) is 0 Å². The molecule has 0 aromatic heterocycles. The van der Waals surface area contributed by atoms with Crippen molar-refractivity contribution in [2.75, 3.05) is 13.2 Å². The summed E-state index contributed by atoms with van der Waals surface area (Å²) in [4.78, 5) is 35.7. The van der Waals surface area contributed by atoms with Crippen LogP contribution in [-0.4, -0.2) is 98.3 Å². The number of aliphatic hydroxyl groups excluding tert-OH is 5. The molecule has 0 bridgehead atoms. The van der Waals surface area contributed by atoms with Crippen molar-refractivity contribution >= 4 is 19.8 Å². The van der Waals surface area contributed by atoms with E-state index in [1.54, 1.807) is 0 Å². The molecule has 0 radical (unpaired) electrons. The van der Waals surface area contributed by atoms with Gasteiger partial charge in [-0.1, -0.05) is 167 Å². The first-order valence-electron chi connectivity index (χ1n) is 23.6. The number of esters is 2. The zero-order chi connectivity index (χ0) is 44.3. The molecule has 0 aromatic rings. The van der Waals surface area contributed by atoms with Crippen LogP contribution in [0.25, 0.3) is 0 Å². The molecule has 1 fully saturated rings. The highest BCUT2D eigenvalue weighted by Gasteiger charge is 2.51. The second-order valence-electron chi connectivity index (χ2n) is 16.6. The molecule has 0 amide bonds. The summed E-state index contributed by atoms with van der Waals surface area (Å²) in [5.74, 6) is -1.10. The summed E-state index contributed by atoms with van der Waals surface area (Å²) in [6.45, 7) is 3.27. The van der Waals surface area contributed by atoms with Crippen LogP contribution in [0.15, 0.2) is 24.3 Å². The third-order valence-electron chi connectivity index (χ3n) is 11.0. The number of hydrogen-bond acceptors (Lipinski definition) is 12. The third-order valence-corrected chi connectivity index (χ3v) is 12.0. The fourth-order valence-corrected chi connectivity index (χ4v) is 8.17. The molecule has 14 heteroatoms. The molecule has 1 aliphatic rings. The van der Waals surface area contributed by atoms with Crippen molar-refractivity contribution < 1.29 is 63.1 Å². The molecule has 0 spiro atoms. The van der Waals surface area contributed by atoms with E-state index >= 15 is 0 Å². The Labute approximate surface area is 362 Å². The second kappa shape index (κ2) is 36.8. The lowest BCUT2D eigenvalue weighted by Crippen LogP contribution is -2.64. The SMILES string of the molecule is CCCCC/C=C\C/C=C\CCCCCCCCCCCC(=O)OC(COC(=O)CCCCCCCCCCCCCC)COP(=O)(O)OC1C(O)C(O)C(O)C(O)C1O. The molecular formula is C46H85O13P. The van der Waals surface area contributed by atoms with E-state index in [1.807, 2.05) is 0 Å². The molecule has 0 heterocycles. The number of phosphoric ester groups is 1. The van der Waals surface area contributed by atoms with Crippen LogP contribution in [0.5, 0.6) is 0 Å². The van der Waals surface area contributed by atoms with Crippen LogP contribution < -0.4 is 0 Å². The minimum atomic E-state index is -5.11. The van der Waals surface area contributed by atoms with E-state index < -0.39 is 75.7 Å². The molecule has 1 aliphatic carbocycles. The van der Waals surface area contributed by atoms with Gasteiger partial charge in [-0.3, -0.25) is 18.6 Å². The van der Waals surface area contributed by atoms with Gasteiger partial charge in [0, 0.05) is 12.8 Å². The van der Waals surface area contributed by atoms with Gasteiger partial charge in [0.25, 0.3) is 0 Å². The highest BCUT2D eigenvalue weighted by molar-refractivity contribution is 7.47. The lowest BCUT2D eigenvalue weighted by atomic mass is 9.85. The van der Waals surface area contributed by atoms with E-state index in [2.05, 4.69) is 38.2 Å². The molecule has 0 saturated heterocycles. The Morgan fingerprint density at radius 1 is 0.517 bits per heavy atom. The molecule has 0 aromatic carbocycles. The normalized spacial score (nSPS) is 22.3. The predicted molar refractivity (Wildman–Crippen MR) is 235 cm³/mol. The van der Waals surface area contributed by atoms with Crippen LogP contribution in [0.4, 0.5) is 0 Å². The van der Waals surface area contributed by atoms with Gasteiger partial charge in [-0.05, 0) is 44.9 Å². The number of ether oxygens (including phenoxy) is 2. The van der Waals surface area contributed by atoms with Crippen molar-refractivity contribution in [1.29, 1.82) is 0 Å². The van der Waals surface area contributed by atoms with Crippen molar-refractivity contribution in [3.8, 4) is 0 Å². The lowest BCUT2D eigenvalue weighted by molar-refractivity contribution is -0.220. The monoisotopic (exact) mass is 877 g/mol. The zero-order valence-electron chi connectivity index (χ0n) is 37.3. The first-order valence-corrected chi connectivity index (χ1v) is 25.1. The van der Waals surface area contributed by atoms with E-state index in [0.717, 1.165) is 57.8 Å². The zero-order valence-corrected chi connectivity index (χ0v) is 38.2. The van der Waals surface area contributed by atoms with Gasteiger partial charge in [-0.2, -0.15) is 0 Å². The summed E-state index contributed by atoms with van der Waals surface area (Å²) in [7, 11) is -5.11. The smallest absolute Gasteiger partial charge is 0.462 e. The van der Waals surface area contributed by atoms with E-state index in [0.29, 0.717) is 12.8 Å². The number of carbonyl (C=O) groups excluding carboxylic acids is 2. The Kier molecular flexibility index (Phi) is 34.5. The number of phosphoric acid groups is 1. The molecule has 352 valence electrons. The third kappa shape index (κ3) is 28.8. The van der Waals surface area contributed by atoms with Crippen LogP contribution in [0.2, 0.25) is 0 Å². The van der Waals surface area contributed by atoms with Gasteiger partial charge in [0.2, 0.25) is 0 Å². The molecule has 1 rings (SSSR count). The minimum Gasteiger partial charge on any atom is -0.462 e. The summed E-state index contributed by atoms with van der Waals surface area (Å²) in [6, 6.07) is 0. The van der Waals surface area contributed by atoms with E-state index in [1.165, 1.54) is 103 Å². The first kappa shape index (κ1) is 56.3. The number of carbonyl (C=O) groups is 2. The summed E-state index contributed by atoms with van der Waals surface area (Å²) in [6.07, 6.45) is 26.6. The average Bonchev–Trinajstić information content (AvgIpc) is 3.23. The first-order chi connectivity index (χ1) is 28.9. The van der Waals surface area contributed by atoms with Crippen LogP contribution in [0.1, 0.15) is 200 Å². The quantitative estimate of drug-likeness (QED) is 0.0147. The Morgan fingerprint density at radius 2 is 0.900 bits per heavy atom. The van der Waals surface area contributed by atoms with Crippen LogP contribution in [0.3, 0.4) is 0 Å². The molecule has 1 saturated carbocycles. The maximum Gasteiger partial charge on any atom is 0.472 e. The molecule has 0 aliphatic heterocycles. The number of aliphatic hydroxyl groups is 5. The summed E-state index contributed by atoms with van der Waals surface area (Å²) >= 11 is 0. The van der Waals surface area contributed by atoms with E-state index in [9.17, 15) is 44.6 Å². The summed E-state index contributed by atoms with van der Waals surface area (Å²) in [5, 5.41) is 50.1. The molecule has 6 unspecified atom stereocenters. The highest BCUT2D eigenvalue weighted by Crippen LogP contribution is 2.47. The molecular weight excluding hydrogens is 791 g/mol. The number of rotatable bonds is 39. The Balaban J connectivity index is 2.43. The molecule has 60 heavy (non-hydrogen) atoms. The standard InChI is InChI=1S/C46H85O13P/c1-3-5-7-9-11-13-15-17-18-19-20-21-22-23-25-27-29-31-33-35-40(48)58-38(36-56-39(47)34-32-30-28-26-24-16-14-12-10-8-6-4-2)37-57-60(54,55)59-46-44(52)42(50)41(49)43(51)45(46)53/h11,13,17-18,38,41-46,49-53H,3-10,12,14-16,19-37H2,1-2H3,(H,54,55)/b13-11-,18-17-. The van der Waals surface area contributed by atoms with Gasteiger partial charge in [0.05, 0.1) is 6.61 Å². The van der Waals surface area contributed by atoms with Gasteiger partial charge in [-0.15, -0.1) is 0 Å². The van der Waals surface area contributed by atoms with Gasteiger partial charge in [-0.25, -0.2) is 4.57 Å². The highest BCUT2D eigenvalue weighted by atomic mass is 31.2. The Bertz CT molecular complexity index is 1150. The van der Waals surface area contributed by atoms with Crippen LogP contribution >= 0.6 is 7.82 Å². The predicted octanol–water partition coefficient (Wildman–Crippen LogP) is 9.23. The molecule has 13 nitrogen and oxygen atoms in total.